The Morgan fingerprint density at radius 1 is 1.12 bits per heavy atom. The van der Waals surface area contributed by atoms with Crippen molar-refractivity contribution in [1.82, 2.24) is 0 Å². The van der Waals surface area contributed by atoms with Gasteiger partial charge >= 0.3 is 0 Å². The molecule has 0 aliphatic heterocycles. The zero-order chi connectivity index (χ0) is 11.5. The third-order valence-corrected chi connectivity index (χ3v) is 3.54. The van der Waals surface area contributed by atoms with Crippen molar-refractivity contribution in [3.63, 3.8) is 0 Å². The summed E-state index contributed by atoms with van der Waals surface area (Å²) in [6.07, 6.45) is 14.1. The van der Waals surface area contributed by atoms with Crippen LogP contribution >= 0.6 is 0 Å². The molecule has 0 spiro atoms. The van der Waals surface area contributed by atoms with Crippen molar-refractivity contribution in [2.24, 2.45) is 5.92 Å². The lowest BCUT2D eigenvalue weighted by molar-refractivity contribution is 0.738. The Balaban J connectivity index is 2.38. The summed E-state index contributed by atoms with van der Waals surface area (Å²) in [5, 5.41) is 0. The normalized spacial score (nSPS) is 21.2. The molecule has 0 aromatic heterocycles. The van der Waals surface area contributed by atoms with E-state index in [1.807, 2.05) is 0 Å². The molecule has 0 heteroatoms. The van der Waals surface area contributed by atoms with Gasteiger partial charge in [0.1, 0.15) is 0 Å². The minimum atomic E-state index is 0.650. The molecule has 0 fully saturated rings. The van der Waals surface area contributed by atoms with Crippen molar-refractivity contribution < 1.29 is 0 Å². The molecule has 0 N–H and O–H groups in total. The van der Waals surface area contributed by atoms with Gasteiger partial charge in [-0.2, -0.15) is 0 Å². The maximum atomic E-state index is 2.42. The molecule has 0 saturated carbocycles. The van der Waals surface area contributed by atoms with Gasteiger partial charge < -0.3 is 0 Å². The predicted molar refractivity (Wildman–Crippen MR) is 71.3 cm³/mol. The Morgan fingerprint density at radius 2 is 1.94 bits per heavy atom. The van der Waals surface area contributed by atoms with Gasteiger partial charge in [0.25, 0.3) is 0 Å². The Bertz CT molecular complexity index is 386. The molecule has 0 unspecified atom stereocenters. The Morgan fingerprint density at radius 3 is 2.56 bits per heavy atom. The van der Waals surface area contributed by atoms with Gasteiger partial charge in [0.05, 0.1) is 0 Å². The molecule has 2 rings (SSSR count). The van der Waals surface area contributed by atoms with Crippen LogP contribution in [0.4, 0.5) is 0 Å². The Labute approximate surface area is 99.4 Å². The molecule has 0 nitrogen and oxygen atoms in total. The second-order valence-corrected chi connectivity index (χ2v) is 5.24. The van der Waals surface area contributed by atoms with Gasteiger partial charge in [-0.1, -0.05) is 43.7 Å². The molecule has 86 valence electrons. The van der Waals surface area contributed by atoms with Crippen LogP contribution in [0, 0.1) is 5.92 Å². The highest BCUT2D eigenvalue weighted by Gasteiger charge is 2.17. The van der Waals surface area contributed by atoms with Gasteiger partial charge in [0.15, 0.2) is 0 Å². The first-order chi connectivity index (χ1) is 7.68. The first-order valence-corrected chi connectivity index (χ1v) is 6.44. The average molecular weight is 214 g/mol. The minimum absolute atomic E-state index is 0.650. The third kappa shape index (κ3) is 2.37. The molecule has 0 amide bonds. The second-order valence-electron chi connectivity index (χ2n) is 5.24. The van der Waals surface area contributed by atoms with Crippen molar-refractivity contribution >= 4 is 0 Å². The van der Waals surface area contributed by atoms with Crippen LogP contribution in [0.3, 0.4) is 0 Å². The third-order valence-electron chi connectivity index (χ3n) is 3.54. The van der Waals surface area contributed by atoms with E-state index in [9.17, 15) is 0 Å². The van der Waals surface area contributed by atoms with Crippen LogP contribution in [0.25, 0.3) is 0 Å². The van der Waals surface area contributed by atoms with Gasteiger partial charge in [-0.15, -0.1) is 0 Å². The number of hydrogen-bond donors (Lipinski definition) is 0. The highest BCUT2D eigenvalue weighted by molar-refractivity contribution is 5.46. The van der Waals surface area contributed by atoms with E-state index >= 15 is 0 Å². The minimum Gasteiger partial charge on any atom is -0.0842 e. The summed E-state index contributed by atoms with van der Waals surface area (Å²) in [4.78, 5) is 0. The monoisotopic (exact) mass is 214 g/mol. The zero-order valence-electron chi connectivity index (χ0n) is 10.7. The van der Waals surface area contributed by atoms with Crippen molar-refractivity contribution in [2.75, 3.05) is 0 Å². The molecule has 0 saturated heterocycles. The van der Waals surface area contributed by atoms with Gasteiger partial charge in [0.2, 0.25) is 0 Å². The molecule has 0 radical (unpaired) electrons. The number of rotatable bonds is 2. The van der Waals surface area contributed by atoms with Gasteiger partial charge in [-0.25, -0.2) is 0 Å². The van der Waals surface area contributed by atoms with Gasteiger partial charge in [-0.3, -0.25) is 0 Å². The highest BCUT2D eigenvalue weighted by Crippen LogP contribution is 2.35. The lowest BCUT2D eigenvalue weighted by Gasteiger charge is -2.24. The van der Waals surface area contributed by atoms with Crippen molar-refractivity contribution in [1.29, 1.82) is 0 Å². The topological polar surface area (TPSA) is 0 Å². The molecule has 0 bridgehead atoms. The first kappa shape index (κ1) is 11.4. The molecule has 16 heavy (non-hydrogen) atoms. The Hall–Kier alpha value is -1.04. The molecule has 2 aliphatic carbocycles. The quantitative estimate of drug-likeness (QED) is 0.609. The average Bonchev–Trinajstić information content (AvgIpc) is 2.30. The van der Waals surface area contributed by atoms with E-state index in [-0.39, 0.29) is 0 Å². The van der Waals surface area contributed by atoms with Crippen molar-refractivity contribution in [2.45, 2.75) is 46.5 Å². The maximum absolute atomic E-state index is 2.42. The fraction of sp³-hybridized carbons (Fsp3) is 0.500. The fourth-order valence-corrected chi connectivity index (χ4v) is 2.61. The van der Waals surface area contributed by atoms with Crippen molar-refractivity contribution in [3.05, 3.63) is 46.6 Å². The molecule has 0 aromatic carbocycles. The highest BCUT2D eigenvalue weighted by atomic mass is 14.2. The number of hydrogen-bond acceptors (Lipinski definition) is 0. The first-order valence-electron chi connectivity index (χ1n) is 6.44. The van der Waals surface area contributed by atoms with E-state index in [1.165, 1.54) is 25.7 Å². The van der Waals surface area contributed by atoms with Crippen LogP contribution in [0.15, 0.2) is 46.6 Å². The standard InChI is InChI=1S/C16H22/c1-12(2)16-11-13(3)9-10-15(16)14-7-5-4-6-8-14/h4-5,7,11-12H,6,8-10H2,1-3H3. The van der Waals surface area contributed by atoms with Crippen LogP contribution < -0.4 is 0 Å². The summed E-state index contributed by atoms with van der Waals surface area (Å²) in [7, 11) is 0. The van der Waals surface area contributed by atoms with E-state index in [0.29, 0.717) is 5.92 Å². The fourth-order valence-electron chi connectivity index (χ4n) is 2.61. The van der Waals surface area contributed by atoms with Crippen LogP contribution in [0.1, 0.15) is 46.5 Å². The predicted octanol–water partition coefficient (Wildman–Crippen LogP) is 4.96. The lowest BCUT2D eigenvalue weighted by Crippen LogP contribution is -2.06. The lowest BCUT2D eigenvalue weighted by atomic mass is 9.81. The van der Waals surface area contributed by atoms with E-state index in [0.717, 1.165) is 0 Å². The molecular weight excluding hydrogens is 192 g/mol. The summed E-state index contributed by atoms with van der Waals surface area (Å²) in [5.41, 5.74) is 6.32. The summed E-state index contributed by atoms with van der Waals surface area (Å²) in [5.74, 6) is 0.650. The SMILES string of the molecule is CC1=CC(C(C)C)=C(C2=CC=CCC2)CC1. The van der Waals surface area contributed by atoms with Crippen LogP contribution in [0.5, 0.6) is 0 Å². The Kier molecular flexibility index (Phi) is 3.48. The van der Waals surface area contributed by atoms with Crippen LogP contribution in [-0.4, -0.2) is 0 Å². The summed E-state index contributed by atoms with van der Waals surface area (Å²) >= 11 is 0. The van der Waals surface area contributed by atoms with E-state index in [4.69, 9.17) is 0 Å². The van der Waals surface area contributed by atoms with E-state index in [1.54, 1.807) is 22.3 Å². The summed E-state index contributed by atoms with van der Waals surface area (Å²) in [6.45, 7) is 6.88. The largest absolute Gasteiger partial charge is 0.0842 e. The second kappa shape index (κ2) is 4.86. The smallest absolute Gasteiger partial charge is 0.0216 e. The van der Waals surface area contributed by atoms with Gasteiger partial charge in [-0.05, 0) is 55.2 Å². The van der Waals surface area contributed by atoms with Crippen LogP contribution in [0.2, 0.25) is 0 Å². The maximum Gasteiger partial charge on any atom is -0.0216 e. The zero-order valence-corrected chi connectivity index (χ0v) is 10.7. The summed E-state index contributed by atoms with van der Waals surface area (Å²) in [6, 6.07) is 0. The molecule has 0 heterocycles. The van der Waals surface area contributed by atoms with Crippen LogP contribution in [-0.2, 0) is 0 Å². The number of allylic oxidation sites excluding steroid dienone is 8. The van der Waals surface area contributed by atoms with E-state index < -0.39 is 0 Å². The molecule has 0 atom stereocenters. The molecular formula is C16H22. The summed E-state index contributed by atoms with van der Waals surface area (Å²) < 4.78 is 0. The molecule has 0 aromatic rings. The molecule has 2 aliphatic rings. The van der Waals surface area contributed by atoms with E-state index in [2.05, 4.69) is 45.1 Å². The van der Waals surface area contributed by atoms with Gasteiger partial charge in [0, 0.05) is 0 Å². The van der Waals surface area contributed by atoms with Crippen molar-refractivity contribution in [3.8, 4) is 0 Å².